The summed E-state index contributed by atoms with van der Waals surface area (Å²) in [6, 6.07) is 5.79. The average Bonchev–Trinajstić information content (AvgIpc) is 2.45. The predicted octanol–water partition coefficient (Wildman–Crippen LogP) is 4.78. The van der Waals surface area contributed by atoms with Gasteiger partial charge in [0.25, 0.3) is 0 Å². The van der Waals surface area contributed by atoms with Gasteiger partial charge in [-0.05, 0) is 24.3 Å². The van der Waals surface area contributed by atoms with Crippen molar-refractivity contribution in [1.82, 2.24) is 0 Å². The highest BCUT2D eigenvalue weighted by Crippen LogP contribution is 2.59. The molecule has 23 heavy (non-hydrogen) atoms. The number of halogens is 6. The van der Waals surface area contributed by atoms with Crippen molar-refractivity contribution in [2.45, 2.75) is 18.2 Å². The zero-order valence-corrected chi connectivity index (χ0v) is 11.2. The molecule has 2 aromatic carbocycles. The van der Waals surface area contributed by atoms with Gasteiger partial charge in [-0.3, -0.25) is 0 Å². The van der Waals surface area contributed by atoms with E-state index in [1.165, 1.54) is 12.1 Å². The van der Waals surface area contributed by atoms with Crippen LogP contribution in [0, 0.1) is 5.82 Å². The number of fused-ring (bicyclic) bond motifs is 1. The first-order valence-electron chi connectivity index (χ1n) is 6.36. The van der Waals surface area contributed by atoms with E-state index >= 15 is 0 Å². The smallest absolute Gasteiger partial charge is 0.416 e. The largest absolute Gasteiger partial charge is 0.457 e. The minimum atomic E-state index is -4.89. The maximum atomic E-state index is 13.8. The minimum absolute atomic E-state index is 0.149. The van der Waals surface area contributed by atoms with E-state index in [1.807, 2.05) is 0 Å². The maximum Gasteiger partial charge on any atom is 0.416 e. The van der Waals surface area contributed by atoms with Crippen LogP contribution >= 0.6 is 0 Å². The number of aliphatic hydroxyl groups is 1. The van der Waals surface area contributed by atoms with Gasteiger partial charge in [-0.1, -0.05) is 6.07 Å². The van der Waals surface area contributed by atoms with Gasteiger partial charge in [0.2, 0.25) is 0 Å². The molecule has 2 nitrogen and oxygen atoms in total. The highest BCUT2D eigenvalue weighted by atomic mass is 19.4. The van der Waals surface area contributed by atoms with Crippen molar-refractivity contribution in [3.05, 3.63) is 58.9 Å². The maximum absolute atomic E-state index is 13.8. The number of benzene rings is 2. The van der Waals surface area contributed by atoms with E-state index < -0.39 is 46.5 Å². The zero-order valence-electron chi connectivity index (χ0n) is 11.2. The van der Waals surface area contributed by atoms with Gasteiger partial charge in [0, 0.05) is 11.6 Å². The van der Waals surface area contributed by atoms with E-state index in [0.29, 0.717) is 6.07 Å². The van der Waals surface area contributed by atoms with Crippen LogP contribution in [0.25, 0.3) is 0 Å². The topological polar surface area (TPSA) is 29.5 Å². The molecule has 0 spiro atoms. The highest BCUT2D eigenvalue weighted by molar-refractivity contribution is 5.58. The van der Waals surface area contributed by atoms with Gasteiger partial charge < -0.3 is 9.84 Å². The molecule has 0 bridgehead atoms. The van der Waals surface area contributed by atoms with Crippen LogP contribution in [0.4, 0.5) is 26.3 Å². The Morgan fingerprint density at radius 2 is 1.78 bits per heavy atom. The fourth-order valence-electron chi connectivity index (χ4n) is 2.46. The summed E-state index contributed by atoms with van der Waals surface area (Å²) in [7, 11) is 0. The molecule has 1 unspecified atom stereocenters. The van der Waals surface area contributed by atoms with Crippen LogP contribution in [-0.2, 0) is 12.1 Å². The molecule has 2 aromatic rings. The molecule has 3 rings (SSSR count). The predicted molar refractivity (Wildman–Crippen MR) is 66.8 cm³/mol. The van der Waals surface area contributed by atoms with Crippen LogP contribution < -0.4 is 4.74 Å². The van der Waals surface area contributed by atoms with Crippen molar-refractivity contribution in [2.24, 2.45) is 0 Å². The van der Waals surface area contributed by atoms with Gasteiger partial charge in [-0.2, -0.15) is 22.0 Å². The summed E-state index contributed by atoms with van der Waals surface area (Å²) in [4.78, 5) is 0. The minimum Gasteiger partial charge on any atom is -0.457 e. The molecule has 0 radical (unpaired) electrons. The van der Waals surface area contributed by atoms with Crippen molar-refractivity contribution in [3.8, 4) is 11.5 Å². The van der Waals surface area contributed by atoms with Crippen LogP contribution in [0.5, 0.6) is 11.5 Å². The van der Waals surface area contributed by atoms with Gasteiger partial charge >= 0.3 is 12.1 Å². The monoisotopic (exact) mass is 334 g/mol. The van der Waals surface area contributed by atoms with Crippen molar-refractivity contribution in [1.29, 1.82) is 0 Å². The number of alkyl halides is 5. The summed E-state index contributed by atoms with van der Waals surface area (Å²) in [5.41, 5.74) is -3.31. The van der Waals surface area contributed by atoms with Crippen molar-refractivity contribution >= 4 is 0 Å². The van der Waals surface area contributed by atoms with Gasteiger partial charge in [0.1, 0.15) is 23.4 Å². The van der Waals surface area contributed by atoms with Gasteiger partial charge in [-0.15, -0.1) is 0 Å². The Morgan fingerprint density at radius 3 is 2.39 bits per heavy atom. The third kappa shape index (κ3) is 2.42. The first kappa shape index (κ1) is 15.7. The van der Waals surface area contributed by atoms with Crippen LogP contribution in [-0.4, -0.2) is 5.11 Å². The van der Waals surface area contributed by atoms with E-state index in [0.717, 1.165) is 18.2 Å². The fraction of sp³-hybridized carbons (Fsp3) is 0.200. The molecule has 0 aliphatic heterocycles. The summed E-state index contributed by atoms with van der Waals surface area (Å²) < 4.78 is 84.2. The summed E-state index contributed by atoms with van der Waals surface area (Å²) in [5, 5.41) is 9.34. The van der Waals surface area contributed by atoms with E-state index in [4.69, 9.17) is 4.74 Å². The second kappa shape index (κ2) is 4.89. The molecule has 0 fully saturated rings. The van der Waals surface area contributed by atoms with Gasteiger partial charge in [-0.25, -0.2) is 4.39 Å². The standard InChI is InChI=1S/C15H8F6O2/c16-7-2-1-3-8(6-7)23-10-5-4-9(15(19,20)21)11-12(10)14(17,18)13(11)22/h1-6,13,22H. The molecule has 0 saturated carbocycles. The number of hydrogen-bond donors (Lipinski definition) is 1. The number of aliphatic hydroxyl groups excluding tert-OH is 1. The average molecular weight is 334 g/mol. The van der Waals surface area contributed by atoms with Crippen molar-refractivity contribution in [3.63, 3.8) is 0 Å². The van der Waals surface area contributed by atoms with Gasteiger partial charge in [0.05, 0.1) is 11.1 Å². The molecule has 0 heterocycles. The van der Waals surface area contributed by atoms with E-state index in [9.17, 15) is 31.4 Å². The quantitative estimate of drug-likeness (QED) is 0.801. The SMILES string of the molecule is OC1c2c(C(F)(F)F)ccc(Oc3cccc(F)c3)c2C1(F)F. The van der Waals surface area contributed by atoms with Crippen molar-refractivity contribution < 1.29 is 36.2 Å². The Morgan fingerprint density at radius 1 is 1.09 bits per heavy atom. The number of rotatable bonds is 2. The van der Waals surface area contributed by atoms with Gasteiger partial charge in [0.15, 0.2) is 0 Å². The molecule has 1 atom stereocenters. The molecule has 1 aliphatic rings. The lowest BCUT2D eigenvalue weighted by molar-refractivity contribution is -0.165. The Kier molecular flexibility index (Phi) is 3.33. The lowest BCUT2D eigenvalue weighted by Gasteiger charge is -2.38. The molecule has 0 saturated heterocycles. The lowest BCUT2D eigenvalue weighted by atomic mass is 9.77. The Labute approximate surface area is 125 Å². The number of ether oxygens (including phenoxy) is 1. The molecule has 1 aliphatic carbocycles. The third-order valence-electron chi connectivity index (χ3n) is 3.49. The molecule has 122 valence electrons. The second-order valence-electron chi connectivity index (χ2n) is 4.98. The van der Waals surface area contributed by atoms with Crippen LogP contribution in [0.2, 0.25) is 0 Å². The fourth-order valence-corrected chi connectivity index (χ4v) is 2.46. The van der Waals surface area contributed by atoms with Crippen LogP contribution in [0.3, 0.4) is 0 Å². The summed E-state index contributed by atoms with van der Waals surface area (Å²) in [5.74, 6) is -5.28. The first-order chi connectivity index (χ1) is 10.6. The van der Waals surface area contributed by atoms with Crippen LogP contribution in [0.15, 0.2) is 36.4 Å². The van der Waals surface area contributed by atoms with Crippen molar-refractivity contribution in [2.75, 3.05) is 0 Å². The molecular formula is C15H8F6O2. The molecule has 8 heteroatoms. The molecule has 1 N–H and O–H groups in total. The molecular weight excluding hydrogens is 326 g/mol. The Bertz CT molecular complexity index is 769. The van der Waals surface area contributed by atoms with E-state index in [1.54, 1.807) is 0 Å². The Hall–Kier alpha value is -2.22. The molecule has 0 aromatic heterocycles. The Balaban J connectivity index is 2.10. The summed E-state index contributed by atoms with van der Waals surface area (Å²) in [6.07, 6.45) is -7.45. The lowest BCUT2D eigenvalue weighted by Crippen LogP contribution is -2.38. The second-order valence-corrected chi connectivity index (χ2v) is 4.98. The highest BCUT2D eigenvalue weighted by Gasteiger charge is 2.59. The van der Waals surface area contributed by atoms with E-state index in [2.05, 4.69) is 0 Å². The van der Waals surface area contributed by atoms with Crippen LogP contribution in [0.1, 0.15) is 22.8 Å². The zero-order chi connectivity index (χ0) is 17.0. The number of hydrogen-bond acceptors (Lipinski definition) is 2. The third-order valence-corrected chi connectivity index (χ3v) is 3.49. The summed E-state index contributed by atoms with van der Waals surface area (Å²) in [6.45, 7) is 0. The molecule has 0 amide bonds. The van der Waals surface area contributed by atoms with E-state index in [-0.39, 0.29) is 5.75 Å². The normalized spacial score (nSPS) is 19.0. The first-order valence-corrected chi connectivity index (χ1v) is 6.36. The summed E-state index contributed by atoms with van der Waals surface area (Å²) >= 11 is 0.